The molecular formula is C17H13ClFN3O2S2. The molecule has 134 valence electrons. The molecule has 0 aliphatic carbocycles. The Balaban J connectivity index is 1.64. The highest BCUT2D eigenvalue weighted by molar-refractivity contribution is 7.86. The van der Waals surface area contributed by atoms with Crippen LogP contribution in [0.25, 0.3) is 0 Å². The summed E-state index contributed by atoms with van der Waals surface area (Å²) in [5.74, 6) is 0.154. The number of benzene rings is 2. The first-order valence-corrected chi connectivity index (χ1v) is 10.1. The zero-order valence-electron chi connectivity index (χ0n) is 13.3. The van der Waals surface area contributed by atoms with Crippen LogP contribution in [0.3, 0.4) is 0 Å². The Labute approximate surface area is 161 Å². The first-order valence-electron chi connectivity index (χ1n) is 7.69. The van der Waals surface area contributed by atoms with Crippen molar-refractivity contribution >= 4 is 50.4 Å². The van der Waals surface area contributed by atoms with Crippen molar-refractivity contribution in [2.75, 3.05) is 22.8 Å². The van der Waals surface area contributed by atoms with Crippen molar-refractivity contribution in [3.05, 3.63) is 58.8 Å². The van der Waals surface area contributed by atoms with Crippen molar-refractivity contribution in [3.63, 3.8) is 0 Å². The Hall–Kier alpha value is -2.16. The summed E-state index contributed by atoms with van der Waals surface area (Å²) in [6.45, 7) is 0.899. The number of nitrogens with one attached hydrogen (secondary N) is 1. The number of ether oxygens (including phenoxy) is 1. The second-order valence-electron chi connectivity index (χ2n) is 5.43. The van der Waals surface area contributed by atoms with Crippen LogP contribution in [-0.2, 0) is 11.0 Å². The fraction of sp³-hybridized carbons (Fsp3) is 0.118. The van der Waals surface area contributed by atoms with Crippen molar-refractivity contribution in [1.82, 2.24) is 4.98 Å². The Morgan fingerprint density at radius 2 is 2.12 bits per heavy atom. The van der Waals surface area contributed by atoms with Gasteiger partial charge in [-0.05, 0) is 30.3 Å². The monoisotopic (exact) mass is 409 g/mol. The van der Waals surface area contributed by atoms with Gasteiger partial charge in [0.2, 0.25) is 0 Å². The first kappa shape index (κ1) is 17.3. The minimum atomic E-state index is -1.47. The molecule has 0 fully saturated rings. The Morgan fingerprint density at radius 3 is 2.88 bits per heavy atom. The van der Waals surface area contributed by atoms with Crippen molar-refractivity contribution in [1.29, 1.82) is 0 Å². The number of hydrogen-bond donors (Lipinski definition) is 1. The summed E-state index contributed by atoms with van der Waals surface area (Å²) in [7, 11) is -1.47. The lowest BCUT2D eigenvalue weighted by Crippen LogP contribution is -2.29. The van der Waals surface area contributed by atoms with Crippen LogP contribution in [0.5, 0.6) is 5.75 Å². The minimum Gasteiger partial charge on any atom is -0.489 e. The lowest BCUT2D eigenvalue weighted by atomic mass is 10.2. The van der Waals surface area contributed by atoms with Crippen LogP contribution in [0.1, 0.15) is 0 Å². The lowest BCUT2D eigenvalue weighted by molar-refractivity contribution is 0.312. The van der Waals surface area contributed by atoms with E-state index in [4.69, 9.17) is 16.3 Å². The Kier molecular flexibility index (Phi) is 4.80. The van der Waals surface area contributed by atoms with Crippen LogP contribution in [-0.4, -0.2) is 22.3 Å². The predicted molar refractivity (Wildman–Crippen MR) is 102 cm³/mol. The maximum atomic E-state index is 14.3. The zero-order valence-corrected chi connectivity index (χ0v) is 15.7. The van der Waals surface area contributed by atoms with E-state index in [1.807, 2.05) is 4.90 Å². The van der Waals surface area contributed by atoms with E-state index in [-0.39, 0.29) is 0 Å². The molecule has 0 amide bonds. The topological polar surface area (TPSA) is 54.5 Å². The molecule has 4 rings (SSSR count). The second kappa shape index (κ2) is 7.22. The van der Waals surface area contributed by atoms with Crippen LogP contribution in [0.15, 0.2) is 52.9 Å². The fourth-order valence-corrected chi connectivity index (χ4v) is 4.36. The average molecular weight is 410 g/mol. The zero-order chi connectivity index (χ0) is 18.1. The summed E-state index contributed by atoms with van der Waals surface area (Å²) < 4.78 is 35.3. The van der Waals surface area contributed by atoms with Gasteiger partial charge in [-0.3, -0.25) is 4.72 Å². The number of thiazole rings is 1. The third-order valence-corrected chi connectivity index (χ3v) is 5.94. The molecule has 1 N–H and O–H groups in total. The Morgan fingerprint density at radius 1 is 1.27 bits per heavy atom. The summed E-state index contributed by atoms with van der Waals surface area (Å²) in [4.78, 5) is 6.44. The molecule has 1 aliphatic heterocycles. The summed E-state index contributed by atoms with van der Waals surface area (Å²) in [6.07, 6.45) is 1.64. The smallest absolute Gasteiger partial charge is 0.194 e. The molecule has 26 heavy (non-hydrogen) atoms. The van der Waals surface area contributed by atoms with Crippen LogP contribution in [0.4, 0.5) is 20.9 Å². The Bertz CT molecular complexity index is 969. The maximum Gasteiger partial charge on any atom is 0.194 e. The minimum absolute atomic E-state index is 0.346. The molecule has 2 aromatic carbocycles. The second-order valence-corrected chi connectivity index (χ2v) is 7.98. The molecule has 0 saturated heterocycles. The maximum absolute atomic E-state index is 14.3. The van der Waals surface area contributed by atoms with Gasteiger partial charge in [-0.1, -0.05) is 11.6 Å². The van der Waals surface area contributed by atoms with Crippen LogP contribution in [0, 0.1) is 5.82 Å². The van der Waals surface area contributed by atoms with Crippen molar-refractivity contribution < 1.29 is 13.3 Å². The summed E-state index contributed by atoms with van der Waals surface area (Å²) >= 11 is 7.21. The van der Waals surface area contributed by atoms with Crippen LogP contribution >= 0.6 is 22.9 Å². The number of anilines is 3. The molecular weight excluding hydrogens is 397 g/mol. The van der Waals surface area contributed by atoms with Crippen LogP contribution in [0.2, 0.25) is 5.02 Å². The van der Waals surface area contributed by atoms with E-state index in [0.717, 1.165) is 0 Å². The third kappa shape index (κ3) is 3.40. The molecule has 2 heterocycles. The van der Waals surface area contributed by atoms with Crippen molar-refractivity contribution in [2.45, 2.75) is 4.90 Å². The first-order chi connectivity index (χ1) is 12.6. The number of hydrogen-bond acceptors (Lipinski definition) is 5. The molecule has 0 radical (unpaired) electrons. The van der Waals surface area contributed by atoms with Gasteiger partial charge in [-0.25, -0.2) is 13.6 Å². The van der Waals surface area contributed by atoms with E-state index in [0.29, 0.717) is 45.3 Å². The largest absolute Gasteiger partial charge is 0.489 e. The number of nitrogens with zero attached hydrogens (tertiary/aromatic N) is 2. The fourth-order valence-electron chi connectivity index (χ4n) is 2.68. The molecule has 0 saturated carbocycles. The van der Waals surface area contributed by atoms with E-state index in [9.17, 15) is 8.60 Å². The van der Waals surface area contributed by atoms with Gasteiger partial charge < -0.3 is 9.64 Å². The molecule has 0 spiro atoms. The van der Waals surface area contributed by atoms with Gasteiger partial charge in [0.1, 0.15) is 18.2 Å². The van der Waals surface area contributed by atoms with Gasteiger partial charge in [-0.2, -0.15) is 0 Å². The van der Waals surface area contributed by atoms with Gasteiger partial charge in [0.15, 0.2) is 16.1 Å². The number of halogens is 2. The van der Waals surface area contributed by atoms with E-state index >= 15 is 0 Å². The van der Waals surface area contributed by atoms with Gasteiger partial charge in [0.05, 0.1) is 22.8 Å². The lowest BCUT2D eigenvalue weighted by Gasteiger charge is -2.31. The third-order valence-electron chi connectivity index (χ3n) is 3.82. The van der Waals surface area contributed by atoms with Crippen LogP contribution < -0.4 is 14.4 Å². The van der Waals surface area contributed by atoms with E-state index in [1.165, 1.54) is 17.4 Å². The molecule has 0 bridgehead atoms. The average Bonchev–Trinajstić information content (AvgIpc) is 3.14. The van der Waals surface area contributed by atoms with Crippen molar-refractivity contribution in [3.8, 4) is 5.75 Å². The molecule has 9 heteroatoms. The number of aromatic nitrogens is 1. The quantitative estimate of drug-likeness (QED) is 0.684. The van der Waals surface area contributed by atoms with Gasteiger partial charge in [0, 0.05) is 22.7 Å². The summed E-state index contributed by atoms with van der Waals surface area (Å²) in [5, 5.41) is 2.72. The molecule has 1 aliphatic rings. The highest BCUT2D eigenvalue weighted by atomic mass is 35.5. The summed E-state index contributed by atoms with van der Waals surface area (Å²) in [6, 6.07) is 9.78. The molecule has 5 nitrogen and oxygen atoms in total. The highest BCUT2D eigenvalue weighted by Crippen LogP contribution is 2.39. The van der Waals surface area contributed by atoms with Gasteiger partial charge >= 0.3 is 0 Å². The molecule has 3 aromatic rings. The van der Waals surface area contributed by atoms with E-state index < -0.39 is 16.8 Å². The number of fused-ring (bicyclic) bond motifs is 1. The predicted octanol–water partition coefficient (Wildman–Crippen LogP) is 4.60. The van der Waals surface area contributed by atoms with E-state index in [1.54, 1.807) is 41.9 Å². The highest BCUT2D eigenvalue weighted by Gasteiger charge is 2.23. The molecule has 1 aromatic heterocycles. The molecule has 1 unspecified atom stereocenters. The van der Waals surface area contributed by atoms with Gasteiger partial charge in [0.25, 0.3) is 0 Å². The standard InChI is InChI=1S/C17H13ClFN3O2S2/c18-11-1-3-14(13(19)9-11)22-6-7-24-16-10-12(2-4-15(16)22)26(23)21-17-20-5-8-25-17/h1-5,8-10H,6-7H2,(H,20,21). The van der Waals surface area contributed by atoms with Crippen molar-refractivity contribution in [2.24, 2.45) is 0 Å². The normalized spacial score (nSPS) is 14.5. The molecule has 1 atom stereocenters. The SMILES string of the molecule is O=S(Nc1nccs1)c1ccc2c(c1)OCCN2c1ccc(Cl)cc1F. The van der Waals surface area contributed by atoms with Gasteiger partial charge in [-0.15, -0.1) is 11.3 Å². The number of rotatable bonds is 4. The summed E-state index contributed by atoms with van der Waals surface area (Å²) in [5.41, 5.74) is 1.14. The van der Waals surface area contributed by atoms with E-state index in [2.05, 4.69) is 9.71 Å².